The first kappa shape index (κ1) is 15.5. The molecule has 0 amide bonds. The highest BCUT2D eigenvalue weighted by Gasteiger charge is 2.10. The van der Waals surface area contributed by atoms with Gasteiger partial charge in [-0.15, -0.1) is 0 Å². The van der Waals surface area contributed by atoms with Crippen LogP contribution in [0.15, 0.2) is 48.5 Å². The summed E-state index contributed by atoms with van der Waals surface area (Å²) < 4.78 is 18.1. The molecule has 2 aromatic rings. The van der Waals surface area contributed by atoms with E-state index in [0.29, 0.717) is 5.92 Å². The van der Waals surface area contributed by atoms with Crippen molar-refractivity contribution in [1.82, 2.24) is 5.32 Å². The minimum Gasteiger partial charge on any atom is -0.497 e. The Balaban J connectivity index is 2.02. The Hall–Kier alpha value is -1.87. The van der Waals surface area contributed by atoms with Crippen molar-refractivity contribution >= 4 is 0 Å². The fraction of sp³-hybridized carbons (Fsp3) is 0.333. The third-order valence-corrected chi connectivity index (χ3v) is 3.61. The van der Waals surface area contributed by atoms with Crippen LogP contribution in [-0.4, -0.2) is 20.7 Å². The number of benzene rings is 2. The molecule has 0 spiro atoms. The highest BCUT2D eigenvalue weighted by Crippen LogP contribution is 2.17. The van der Waals surface area contributed by atoms with Gasteiger partial charge in [-0.3, -0.25) is 0 Å². The second-order valence-electron chi connectivity index (χ2n) is 5.31. The summed E-state index contributed by atoms with van der Waals surface area (Å²) in [5, 5.41) is 3.24. The molecule has 0 aliphatic rings. The molecule has 0 aliphatic heterocycles. The van der Waals surface area contributed by atoms with Crippen LogP contribution in [0.5, 0.6) is 5.75 Å². The Morgan fingerprint density at radius 3 is 1.95 bits per heavy atom. The molecule has 112 valence electrons. The average molecular weight is 287 g/mol. The van der Waals surface area contributed by atoms with Gasteiger partial charge in [0.05, 0.1) is 7.11 Å². The van der Waals surface area contributed by atoms with Gasteiger partial charge in [0.2, 0.25) is 0 Å². The van der Waals surface area contributed by atoms with Crippen molar-refractivity contribution in [2.45, 2.75) is 12.8 Å². The van der Waals surface area contributed by atoms with Gasteiger partial charge in [0.1, 0.15) is 11.6 Å². The molecule has 21 heavy (non-hydrogen) atoms. The van der Waals surface area contributed by atoms with Crippen LogP contribution in [0, 0.1) is 11.7 Å². The van der Waals surface area contributed by atoms with Crippen LogP contribution < -0.4 is 10.1 Å². The van der Waals surface area contributed by atoms with Crippen LogP contribution >= 0.6 is 0 Å². The molecule has 3 heteroatoms. The lowest BCUT2D eigenvalue weighted by Gasteiger charge is -2.17. The highest BCUT2D eigenvalue weighted by atomic mass is 19.1. The molecule has 0 saturated carbocycles. The summed E-state index contributed by atoms with van der Waals surface area (Å²) >= 11 is 0. The van der Waals surface area contributed by atoms with E-state index in [9.17, 15) is 4.39 Å². The van der Waals surface area contributed by atoms with Gasteiger partial charge in [-0.2, -0.15) is 0 Å². The molecule has 0 aliphatic carbocycles. The number of ether oxygens (including phenoxy) is 1. The molecular weight excluding hydrogens is 265 g/mol. The zero-order valence-corrected chi connectivity index (χ0v) is 12.6. The van der Waals surface area contributed by atoms with E-state index in [1.807, 2.05) is 31.3 Å². The normalized spacial score (nSPS) is 12.1. The molecule has 2 aromatic carbocycles. The zero-order chi connectivity index (χ0) is 15.1. The maximum Gasteiger partial charge on any atom is 0.123 e. The summed E-state index contributed by atoms with van der Waals surface area (Å²) in [4.78, 5) is 0. The van der Waals surface area contributed by atoms with E-state index in [0.717, 1.165) is 25.1 Å². The predicted molar refractivity (Wildman–Crippen MR) is 84.2 cm³/mol. The van der Waals surface area contributed by atoms with Crippen LogP contribution in [0.2, 0.25) is 0 Å². The largest absolute Gasteiger partial charge is 0.497 e. The first-order chi connectivity index (χ1) is 10.2. The fourth-order valence-corrected chi connectivity index (χ4v) is 2.55. The van der Waals surface area contributed by atoms with Crippen molar-refractivity contribution in [3.8, 4) is 5.75 Å². The monoisotopic (exact) mass is 287 g/mol. The standard InChI is InChI=1S/C18H22FNO/c1-20-13-16(11-14-3-7-17(19)8-4-14)12-15-5-9-18(21-2)10-6-15/h3-10,16,20H,11-13H2,1-2H3. The maximum absolute atomic E-state index is 13.0. The predicted octanol–water partition coefficient (Wildman–Crippen LogP) is 3.46. The first-order valence-electron chi connectivity index (χ1n) is 7.23. The lowest BCUT2D eigenvalue weighted by Crippen LogP contribution is -2.22. The minimum atomic E-state index is -0.181. The number of methoxy groups -OCH3 is 1. The minimum absolute atomic E-state index is 0.181. The Morgan fingerprint density at radius 1 is 0.952 bits per heavy atom. The molecular formula is C18H22FNO. The van der Waals surface area contributed by atoms with Gasteiger partial charge in [-0.25, -0.2) is 4.39 Å². The molecule has 1 unspecified atom stereocenters. The number of nitrogens with one attached hydrogen (secondary N) is 1. The number of rotatable bonds is 7. The quantitative estimate of drug-likeness (QED) is 0.842. The molecule has 0 aromatic heterocycles. The summed E-state index contributed by atoms with van der Waals surface area (Å²) in [5.74, 6) is 1.18. The molecule has 1 atom stereocenters. The van der Waals surface area contributed by atoms with Gasteiger partial charge in [0.15, 0.2) is 0 Å². The summed E-state index contributed by atoms with van der Waals surface area (Å²) in [5.41, 5.74) is 2.46. The summed E-state index contributed by atoms with van der Waals surface area (Å²) in [6.07, 6.45) is 1.93. The third-order valence-electron chi connectivity index (χ3n) is 3.61. The zero-order valence-electron chi connectivity index (χ0n) is 12.6. The van der Waals surface area contributed by atoms with Gasteiger partial charge in [-0.05, 0) is 67.7 Å². The summed E-state index contributed by atoms with van der Waals surface area (Å²) in [6.45, 7) is 0.934. The number of hydrogen-bond donors (Lipinski definition) is 1. The number of hydrogen-bond acceptors (Lipinski definition) is 2. The van der Waals surface area contributed by atoms with E-state index in [4.69, 9.17) is 4.74 Å². The van der Waals surface area contributed by atoms with E-state index in [2.05, 4.69) is 17.4 Å². The van der Waals surface area contributed by atoms with Crippen molar-refractivity contribution in [3.05, 3.63) is 65.5 Å². The maximum atomic E-state index is 13.0. The average Bonchev–Trinajstić information content (AvgIpc) is 2.50. The lowest BCUT2D eigenvalue weighted by atomic mass is 9.92. The topological polar surface area (TPSA) is 21.3 Å². The molecule has 1 N–H and O–H groups in total. The van der Waals surface area contributed by atoms with Crippen molar-refractivity contribution in [2.24, 2.45) is 5.92 Å². The molecule has 0 heterocycles. The molecule has 0 fully saturated rings. The Labute approximate surface area is 126 Å². The SMILES string of the molecule is CNCC(Cc1ccc(F)cc1)Cc1ccc(OC)cc1. The van der Waals surface area contributed by atoms with Gasteiger partial charge >= 0.3 is 0 Å². The van der Waals surface area contributed by atoms with E-state index in [1.54, 1.807) is 7.11 Å². The Kier molecular flexibility index (Phi) is 5.76. The van der Waals surface area contributed by atoms with Crippen LogP contribution in [0.3, 0.4) is 0 Å². The molecule has 2 rings (SSSR count). The smallest absolute Gasteiger partial charge is 0.123 e. The van der Waals surface area contributed by atoms with E-state index < -0.39 is 0 Å². The first-order valence-corrected chi connectivity index (χ1v) is 7.23. The van der Waals surface area contributed by atoms with Crippen LogP contribution in [0.1, 0.15) is 11.1 Å². The molecule has 0 bridgehead atoms. The Morgan fingerprint density at radius 2 is 1.48 bits per heavy atom. The second kappa shape index (κ2) is 7.79. The second-order valence-corrected chi connectivity index (χ2v) is 5.31. The van der Waals surface area contributed by atoms with Crippen molar-refractivity contribution in [1.29, 1.82) is 0 Å². The molecule has 2 nitrogen and oxygen atoms in total. The summed E-state index contributed by atoms with van der Waals surface area (Å²) in [6, 6.07) is 15.0. The van der Waals surface area contributed by atoms with Crippen molar-refractivity contribution in [3.63, 3.8) is 0 Å². The van der Waals surface area contributed by atoms with Crippen LogP contribution in [-0.2, 0) is 12.8 Å². The number of halogens is 1. The van der Waals surface area contributed by atoms with Crippen LogP contribution in [0.4, 0.5) is 4.39 Å². The highest BCUT2D eigenvalue weighted by molar-refractivity contribution is 5.27. The van der Waals surface area contributed by atoms with Gasteiger partial charge < -0.3 is 10.1 Å². The van der Waals surface area contributed by atoms with Gasteiger partial charge in [-0.1, -0.05) is 24.3 Å². The third kappa shape index (κ3) is 4.87. The van der Waals surface area contributed by atoms with E-state index in [1.165, 1.54) is 23.3 Å². The lowest BCUT2D eigenvalue weighted by molar-refractivity contribution is 0.414. The van der Waals surface area contributed by atoms with Crippen molar-refractivity contribution < 1.29 is 9.13 Å². The summed E-state index contributed by atoms with van der Waals surface area (Å²) in [7, 11) is 3.64. The fourth-order valence-electron chi connectivity index (χ4n) is 2.55. The van der Waals surface area contributed by atoms with Crippen molar-refractivity contribution in [2.75, 3.05) is 20.7 Å². The molecule has 0 radical (unpaired) electrons. The van der Waals surface area contributed by atoms with Crippen LogP contribution in [0.25, 0.3) is 0 Å². The Bertz CT molecular complexity index is 536. The van der Waals surface area contributed by atoms with Gasteiger partial charge in [0.25, 0.3) is 0 Å². The van der Waals surface area contributed by atoms with E-state index >= 15 is 0 Å². The van der Waals surface area contributed by atoms with Gasteiger partial charge in [0, 0.05) is 0 Å². The van der Waals surface area contributed by atoms with E-state index in [-0.39, 0.29) is 5.82 Å². The molecule has 0 saturated heterocycles.